The molecule has 0 aromatic rings. The second-order valence-corrected chi connectivity index (χ2v) is 27.4. The molecule has 0 saturated heterocycles. The van der Waals surface area contributed by atoms with Crippen LogP contribution in [0, 0.1) is 0 Å². The number of hydrogen-bond acceptors (Lipinski definition) is 5. The van der Waals surface area contributed by atoms with Crippen molar-refractivity contribution in [3.8, 4) is 0 Å². The number of aliphatic hydroxyl groups is 2. The maximum absolute atomic E-state index is 12.5. The van der Waals surface area contributed by atoms with Gasteiger partial charge in [0.25, 0.3) is 0 Å². The molecule has 510 valence electrons. The van der Waals surface area contributed by atoms with E-state index in [1.54, 1.807) is 0 Å². The Kier molecular flexibility index (Phi) is 74.3. The lowest BCUT2D eigenvalue weighted by atomic mass is 10.0. The highest BCUT2D eigenvalue weighted by Gasteiger charge is 2.20. The van der Waals surface area contributed by atoms with E-state index < -0.39 is 12.1 Å². The van der Waals surface area contributed by atoms with Gasteiger partial charge in [0, 0.05) is 12.8 Å². The zero-order chi connectivity index (χ0) is 62.0. The fourth-order valence-corrected chi connectivity index (χ4v) is 12.7. The van der Waals surface area contributed by atoms with Gasteiger partial charge in [0.1, 0.15) is 0 Å². The number of nitrogens with one attached hydrogen (secondary N) is 1. The molecular formula is C80H155NO5. The van der Waals surface area contributed by atoms with E-state index >= 15 is 0 Å². The first-order valence-electron chi connectivity index (χ1n) is 39.6. The van der Waals surface area contributed by atoms with Crippen LogP contribution in [-0.2, 0) is 14.3 Å². The zero-order valence-corrected chi connectivity index (χ0v) is 58.6. The molecule has 6 heteroatoms. The lowest BCUT2D eigenvalue weighted by Gasteiger charge is -2.22. The summed E-state index contributed by atoms with van der Waals surface area (Å²) in [6, 6.07) is -0.538. The second-order valence-electron chi connectivity index (χ2n) is 27.4. The number of carbonyl (C=O) groups excluding carboxylic acids is 2. The van der Waals surface area contributed by atoms with Gasteiger partial charge in [0.15, 0.2) is 0 Å². The Labute approximate surface area is 539 Å². The minimum atomic E-state index is -0.661. The van der Waals surface area contributed by atoms with Crippen molar-refractivity contribution in [1.82, 2.24) is 5.32 Å². The minimum absolute atomic E-state index is 0.0139. The molecule has 0 aliphatic carbocycles. The molecule has 2 atom stereocenters. The van der Waals surface area contributed by atoms with Gasteiger partial charge in [-0.1, -0.05) is 385 Å². The van der Waals surface area contributed by atoms with Crippen LogP contribution in [0.3, 0.4) is 0 Å². The molecule has 86 heavy (non-hydrogen) atoms. The highest BCUT2D eigenvalue weighted by atomic mass is 16.5. The first kappa shape index (κ1) is 84.3. The van der Waals surface area contributed by atoms with Crippen LogP contribution >= 0.6 is 0 Å². The maximum Gasteiger partial charge on any atom is 0.305 e. The maximum atomic E-state index is 12.5. The van der Waals surface area contributed by atoms with Crippen molar-refractivity contribution >= 4 is 11.9 Å². The molecule has 0 spiro atoms. The number of hydrogen-bond donors (Lipinski definition) is 3. The molecule has 3 N–H and O–H groups in total. The zero-order valence-electron chi connectivity index (χ0n) is 58.6. The quantitative estimate of drug-likeness (QED) is 0.0320. The number of aliphatic hydroxyl groups excluding tert-OH is 2. The summed E-state index contributed by atoms with van der Waals surface area (Å²) in [5, 5.41) is 23.4. The van der Waals surface area contributed by atoms with Crippen LogP contribution in [0.2, 0.25) is 0 Å². The third kappa shape index (κ3) is 71.4. The van der Waals surface area contributed by atoms with E-state index in [-0.39, 0.29) is 18.5 Å². The molecule has 0 fully saturated rings. The van der Waals surface area contributed by atoms with Gasteiger partial charge in [-0.3, -0.25) is 9.59 Å². The van der Waals surface area contributed by atoms with Gasteiger partial charge in [-0.25, -0.2) is 0 Å². The van der Waals surface area contributed by atoms with Gasteiger partial charge in [-0.2, -0.15) is 0 Å². The Balaban J connectivity index is 3.32. The summed E-state index contributed by atoms with van der Waals surface area (Å²) < 4.78 is 5.49. The van der Waals surface area contributed by atoms with Crippen molar-refractivity contribution in [2.45, 2.75) is 463 Å². The number of amides is 1. The molecule has 0 aliphatic heterocycles. The second kappa shape index (κ2) is 75.8. The normalized spacial score (nSPS) is 12.6. The van der Waals surface area contributed by atoms with Crippen molar-refractivity contribution in [3.05, 3.63) is 24.3 Å². The first-order chi connectivity index (χ1) is 42.5. The Morgan fingerprint density at radius 1 is 0.314 bits per heavy atom. The standard InChI is InChI=1S/C80H155NO5/c1-3-5-7-9-11-13-15-17-18-42-45-49-52-56-60-64-68-72-78(83)77(76-82)81-79(84)73-69-65-61-57-53-50-46-43-40-38-36-34-32-30-28-26-24-22-20-19-21-23-25-27-29-31-33-35-37-39-41-44-47-51-55-59-63-67-71-75-86-80(85)74-70-66-62-58-54-48-16-14-12-10-8-6-4-2/h14,16,19-20,77-78,82-83H,3-13,15,17-18,21-76H2,1-2H3,(H,81,84)/b16-14-,20-19-. The van der Waals surface area contributed by atoms with Crippen molar-refractivity contribution in [1.29, 1.82) is 0 Å². The van der Waals surface area contributed by atoms with E-state index in [0.29, 0.717) is 25.9 Å². The average molecular weight is 1210 g/mol. The molecule has 0 saturated carbocycles. The van der Waals surface area contributed by atoms with Crippen LogP contribution in [0.15, 0.2) is 24.3 Å². The number of rotatable bonds is 75. The van der Waals surface area contributed by atoms with Gasteiger partial charge >= 0.3 is 5.97 Å². The van der Waals surface area contributed by atoms with Crippen LogP contribution in [-0.4, -0.2) is 47.4 Å². The van der Waals surface area contributed by atoms with Crippen LogP contribution in [0.5, 0.6) is 0 Å². The Morgan fingerprint density at radius 2 is 0.547 bits per heavy atom. The highest BCUT2D eigenvalue weighted by molar-refractivity contribution is 5.76. The third-order valence-electron chi connectivity index (χ3n) is 18.7. The monoisotopic (exact) mass is 1210 g/mol. The van der Waals surface area contributed by atoms with Crippen LogP contribution < -0.4 is 5.32 Å². The van der Waals surface area contributed by atoms with E-state index in [1.165, 1.54) is 372 Å². The third-order valence-corrected chi connectivity index (χ3v) is 18.7. The van der Waals surface area contributed by atoms with Crippen molar-refractivity contribution < 1.29 is 24.5 Å². The van der Waals surface area contributed by atoms with Gasteiger partial charge in [-0.15, -0.1) is 0 Å². The summed E-state index contributed by atoms with van der Waals surface area (Å²) in [7, 11) is 0. The molecule has 2 unspecified atom stereocenters. The van der Waals surface area contributed by atoms with Crippen LogP contribution in [0.25, 0.3) is 0 Å². The van der Waals surface area contributed by atoms with Crippen molar-refractivity contribution in [3.63, 3.8) is 0 Å². The van der Waals surface area contributed by atoms with E-state index in [9.17, 15) is 19.8 Å². The van der Waals surface area contributed by atoms with E-state index in [2.05, 4.69) is 43.5 Å². The minimum Gasteiger partial charge on any atom is -0.466 e. The number of unbranched alkanes of at least 4 members (excludes halogenated alkanes) is 60. The lowest BCUT2D eigenvalue weighted by molar-refractivity contribution is -0.143. The summed E-state index contributed by atoms with van der Waals surface area (Å²) >= 11 is 0. The first-order valence-corrected chi connectivity index (χ1v) is 39.6. The lowest BCUT2D eigenvalue weighted by Crippen LogP contribution is -2.45. The van der Waals surface area contributed by atoms with Crippen molar-refractivity contribution in [2.75, 3.05) is 13.2 Å². The number of ether oxygens (including phenoxy) is 1. The molecule has 0 rings (SSSR count). The van der Waals surface area contributed by atoms with E-state index in [1.807, 2.05) is 0 Å². The Morgan fingerprint density at radius 3 is 0.837 bits per heavy atom. The highest BCUT2D eigenvalue weighted by Crippen LogP contribution is 2.20. The molecule has 1 amide bonds. The molecule has 0 heterocycles. The largest absolute Gasteiger partial charge is 0.466 e. The summed E-state index contributed by atoms with van der Waals surface area (Å²) in [5.41, 5.74) is 0. The molecule has 6 nitrogen and oxygen atoms in total. The Bertz CT molecular complexity index is 1350. The summed E-state index contributed by atoms with van der Waals surface area (Å²) in [6.07, 6.45) is 97.1. The molecule has 0 aliphatic rings. The molecular weight excluding hydrogens is 1050 g/mol. The topological polar surface area (TPSA) is 95.9 Å². The average Bonchev–Trinajstić information content (AvgIpc) is 3.59. The predicted molar refractivity (Wildman–Crippen MR) is 380 cm³/mol. The Hall–Kier alpha value is -1.66. The predicted octanol–water partition coefficient (Wildman–Crippen LogP) is 26.0. The fourth-order valence-electron chi connectivity index (χ4n) is 12.7. The fraction of sp³-hybridized carbons (Fsp3) is 0.925. The molecule has 0 aromatic heterocycles. The van der Waals surface area contributed by atoms with Gasteiger partial charge in [0.05, 0.1) is 25.4 Å². The summed E-state index contributed by atoms with van der Waals surface area (Å²) in [6.45, 7) is 4.98. The van der Waals surface area contributed by atoms with Gasteiger partial charge in [0.2, 0.25) is 5.91 Å². The number of carbonyl (C=O) groups is 2. The number of esters is 1. The van der Waals surface area contributed by atoms with Crippen LogP contribution in [0.4, 0.5) is 0 Å². The summed E-state index contributed by atoms with van der Waals surface area (Å²) in [5.74, 6) is -0.0124. The molecule has 0 bridgehead atoms. The molecule has 0 aromatic carbocycles. The van der Waals surface area contributed by atoms with Gasteiger partial charge in [-0.05, 0) is 77.0 Å². The molecule has 0 radical (unpaired) electrons. The number of allylic oxidation sites excluding steroid dienone is 4. The SMILES string of the molecule is CCCCCC/C=C\CCCCCCCC(=O)OCCCCCCCCCCCCCCCCCCCC/C=C\CCCCCCCCCCCCCCCCCCCC(=O)NC(CO)C(O)CCCCCCCCCCCCCCCCCCC. The van der Waals surface area contributed by atoms with Gasteiger partial charge < -0.3 is 20.3 Å². The van der Waals surface area contributed by atoms with Crippen LogP contribution in [0.1, 0.15) is 450 Å². The van der Waals surface area contributed by atoms with E-state index in [0.717, 1.165) is 44.9 Å². The summed E-state index contributed by atoms with van der Waals surface area (Å²) in [4.78, 5) is 24.6. The smallest absolute Gasteiger partial charge is 0.305 e. The van der Waals surface area contributed by atoms with E-state index in [4.69, 9.17) is 4.74 Å². The van der Waals surface area contributed by atoms with Crippen molar-refractivity contribution in [2.24, 2.45) is 0 Å².